The Kier molecular flexibility index (Phi) is 5.17. The van der Waals surface area contributed by atoms with Crippen molar-refractivity contribution in [1.82, 2.24) is 19.8 Å². The quantitative estimate of drug-likeness (QED) is 0.823. The van der Waals surface area contributed by atoms with E-state index in [2.05, 4.69) is 32.8 Å². The predicted octanol–water partition coefficient (Wildman–Crippen LogP) is 2.06. The van der Waals surface area contributed by atoms with Gasteiger partial charge in [-0.3, -0.25) is 9.69 Å². The van der Waals surface area contributed by atoms with Crippen LogP contribution in [0.2, 0.25) is 0 Å². The van der Waals surface area contributed by atoms with Crippen LogP contribution in [0, 0.1) is 6.92 Å². The first-order chi connectivity index (χ1) is 12.7. The molecule has 1 saturated heterocycles. The molecule has 0 N–H and O–H groups in total. The number of nitrogens with zero attached hydrogens (tertiary/aromatic N) is 5. The minimum Gasteiger partial charge on any atom is -0.338 e. The first-order valence-corrected chi connectivity index (χ1v) is 10.2. The van der Waals surface area contributed by atoms with Gasteiger partial charge >= 0.3 is 0 Å². The molecular formula is C19H25N5OS. The molecule has 2 aliphatic rings. The number of aromatic nitrogens is 2. The minimum atomic E-state index is 0.221. The van der Waals surface area contributed by atoms with Gasteiger partial charge in [0.1, 0.15) is 0 Å². The molecule has 0 aromatic carbocycles. The van der Waals surface area contributed by atoms with E-state index in [0.717, 1.165) is 70.2 Å². The normalized spacial score (nSPS) is 18.7. The van der Waals surface area contributed by atoms with E-state index in [0.29, 0.717) is 0 Å². The number of amides is 1. The Morgan fingerprint density at radius 2 is 1.85 bits per heavy atom. The van der Waals surface area contributed by atoms with Gasteiger partial charge in [-0.05, 0) is 31.9 Å². The largest absolute Gasteiger partial charge is 0.338 e. The fraction of sp³-hybridized carbons (Fsp3) is 0.526. The van der Waals surface area contributed by atoms with E-state index >= 15 is 0 Å². The number of hydrogen-bond acceptors (Lipinski definition) is 6. The third kappa shape index (κ3) is 3.73. The van der Waals surface area contributed by atoms with E-state index in [9.17, 15) is 4.79 Å². The lowest BCUT2D eigenvalue weighted by Gasteiger charge is -2.35. The van der Waals surface area contributed by atoms with E-state index in [-0.39, 0.29) is 5.91 Å². The maximum absolute atomic E-state index is 12.8. The van der Waals surface area contributed by atoms with E-state index in [1.165, 1.54) is 9.75 Å². The zero-order valence-corrected chi connectivity index (χ0v) is 16.0. The molecule has 0 radical (unpaired) electrons. The van der Waals surface area contributed by atoms with E-state index in [1.54, 1.807) is 23.7 Å². The number of fused-ring (bicyclic) bond motifs is 1. The number of carbonyl (C=O) groups excluding carboxylic acids is 1. The molecule has 4 rings (SSSR count). The molecule has 2 aromatic heterocycles. The molecule has 4 heterocycles. The van der Waals surface area contributed by atoms with Crippen LogP contribution < -0.4 is 4.90 Å². The Hall–Kier alpha value is -1.99. The molecule has 0 unspecified atom stereocenters. The van der Waals surface area contributed by atoms with Gasteiger partial charge in [0.05, 0.1) is 5.56 Å². The van der Waals surface area contributed by atoms with Gasteiger partial charge in [-0.1, -0.05) is 0 Å². The summed E-state index contributed by atoms with van der Waals surface area (Å²) in [4.78, 5) is 30.7. The van der Waals surface area contributed by atoms with Gasteiger partial charge in [-0.25, -0.2) is 9.97 Å². The highest BCUT2D eigenvalue weighted by molar-refractivity contribution is 7.12. The first kappa shape index (κ1) is 17.4. The highest BCUT2D eigenvalue weighted by Gasteiger charge is 2.25. The number of rotatable bonds is 4. The van der Waals surface area contributed by atoms with Crippen molar-refractivity contribution in [3.05, 3.63) is 39.8 Å². The van der Waals surface area contributed by atoms with Crippen LogP contribution in [0.25, 0.3) is 0 Å². The molecule has 1 amide bonds. The summed E-state index contributed by atoms with van der Waals surface area (Å²) in [6.45, 7) is 8.57. The molecule has 0 bridgehead atoms. The second-order valence-corrected chi connectivity index (χ2v) is 8.31. The number of hydrogen-bond donors (Lipinski definition) is 0. The van der Waals surface area contributed by atoms with Crippen molar-refractivity contribution in [2.75, 3.05) is 50.7 Å². The van der Waals surface area contributed by atoms with Crippen LogP contribution in [0.3, 0.4) is 0 Å². The van der Waals surface area contributed by atoms with Crippen molar-refractivity contribution < 1.29 is 4.79 Å². The Labute approximate surface area is 158 Å². The van der Waals surface area contributed by atoms with Crippen molar-refractivity contribution in [2.45, 2.75) is 19.8 Å². The van der Waals surface area contributed by atoms with Crippen LogP contribution in [0.4, 0.5) is 5.95 Å². The fourth-order valence-electron chi connectivity index (χ4n) is 3.73. The smallest absolute Gasteiger partial charge is 0.255 e. The van der Waals surface area contributed by atoms with Gasteiger partial charge in [-0.2, -0.15) is 0 Å². The van der Waals surface area contributed by atoms with Gasteiger partial charge in [0.25, 0.3) is 5.91 Å². The molecule has 26 heavy (non-hydrogen) atoms. The molecule has 0 atom stereocenters. The molecule has 7 heteroatoms. The lowest BCUT2D eigenvalue weighted by Crippen LogP contribution is -2.49. The van der Waals surface area contributed by atoms with Gasteiger partial charge in [-0.15, -0.1) is 11.3 Å². The van der Waals surface area contributed by atoms with Crippen LogP contribution in [-0.2, 0) is 6.42 Å². The van der Waals surface area contributed by atoms with Crippen molar-refractivity contribution in [3.63, 3.8) is 0 Å². The van der Waals surface area contributed by atoms with Crippen LogP contribution >= 0.6 is 11.3 Å². The van der Waals surface area contributed by atoms with Crippen LogP contribution in [-0.4, -0.2) is 71.5 Å². The van der Waals surface area contributed by atoms with Crippen LogP contribution in [0.1, 0.15) is 26.5 Å². The average molecular weight is 372 g/mol. The first-order valence-electron chi connectivity index (χ1n) is 9.33. The SMILES string of the molecule is Cc1cc2c(s1)CCCN(CCN1CCN(c3ncccn3)CC1)C2=O. The molecular weight excluding hydrogens is 346 g/mol. The van der Waals surface area contributed by atoms with Crippen molar-refractivity contribution >= 4 is 23.2 Å². The summed E-state index contributed by atoms with van der Waals surface area (Å²) < 4.78 is 0. The molecule has 0 spiro atoms. The van der Waals surface area contributed by atoms with Gasteiger partial charge in [0.2, 0.25) is 5.95 Å². The number of piperazine rings is 1. The number of carbonyl (C=O) groups is 1. The third-order valence-electron chi connectivity index (χ3n) is 5.18. The average Bonchev–Trinajstić information content (AvgIpc) is 2.99. The lowest BCUT2D eigenvalue weighted by atomic mass is 10.2. The van der Waals surface area contributed by atoms with Crippen molar-refractivity contribution in [2.24, 2.45) is 0 Å². The summed E-state index contributed by atoms with van der Waals surface area (Å²) in [5.74, 6) is 1.04. The topological polar surface area (TPSA) is 52.6 Å². The predicted molar refractivity (Wildman–Crippen MR) is 104 cm³/mol. The molecule has 1 fully saturated rings. The number of anilines is 1. The molecule has 2 aromatic rings. The Bertz CT molecular complexity index is 755. The Morgan fingerprint density at radius 1 is 1.08 bits per heavy atom. The van der Waals surface area contributed by atoms with Crippen LogP contribution in [0.5, 0.6) is 0 Å². The third-order valence-corrected chi connectivity index (χ3v) is 6.29. The van der Waals surface area contributed by atoms with Gasteiger partial charge < -0.3 is 9.80 Å². The fourth-order valence-corrected chi connectivity index (χ4v) is 4.80. The summed E-state index contributed by atoms with van der Waals surface area (Å²) in [5, 5.41) is 0. The zero-order valence-electron chi connectivity index (χ0n) is 15.2. The van der Waals surface area contributed by atoms with Crippen molar-refractivity contribution in [1.29, 1.82) is 0 Å². The van der Waals surface area contributed by atoms with Gasteiger partial charge in [0.15, 0.2) is 0 Å². The van der Waals surface area contributed by atoms with Crippen LogP contribution in [0.15, 0.2) is 24.5 Å². The van der Waals surface area contributed by atoms with Gasteiger partial charge in [0, 0.05) is 68.0 Å². The molecule has 6 nitrogen and oxygen atoms in total. The Morgan fingerprint density at radius 3 is 2.62 bits per heavy atom. The van der Waals surface area contributed by atoms with E-state index in [4.69, 9.17) is 0 Å². The highest BCUT2D eigenvalue weighted by Crippen LogP contribution is 2.27. The highest BCUT2D eigenvalue weighted by atomic mass is 32.1. The second kappa shape index (κ2) is 7.72. The maximum atomic E-state index is 12.8. The maximum Gasteiger partial charge on any atom is 0.255 e. The summed E-state index contributed by atoms with van der Waals surface area (Å²) in [6, 6.07) is 3.91. The Balaban J connectivity index is 1.30. The summed E-state index contributed by atoms with van der Waals surface area (Å²) in [5.41, 5.74) is 0.941. The molecule has 0 aliphatic carbocycles. The van der Waals surface area contributed by atoms with E-state index < -0.39 is 0 Å². The molecule has 0 saturated carbocycles. The standard InChI is InChI=1S/C19H25N5OS/c1-15-14-16-17(26-15)4-2-7-23(18(16)25)11-8-22-9-12-24(13-10-22)19-20-5-3-6-21-19/h3,5-6,14H,2,4,7-13H2,1H3. The molecule has 2 aliphatic heterocycles. The van der Waals surface area contributed by atoms with E-state index in [1.807, 2.05) is 11.0 Å². The minimum absolute atomic E-state index is 0.221. The van der Waals surface area contributed by atoms with Crippen molar-refractivity contribution in [3.8, 4) is 0 Å². The zero-order chi connectivity index (χ0) is 17.9. The number of thiophene rings is 1. The summed E-state index contributed by atoms with van der Waals surface area (Å²) in [7, 11) is 0. The monoisotopic (exact) mass is 371 g/mol. The summed E-state index contributed by atoms with van der Waals surface area (Å²) in [6.07, 6.45) is 5.68. The number of aryl methyl sites for hydroxylation is 2. The molecule has 138 valence electrons. The summed E-state index contributed by atoms with van der Waals surface area (Å²) >= 11 is 1.78. The second-order valence-electron chi connectivity index (χ2n) is 6.97. The lowest BCUT2D eigenvalue weighted by molar-refractivity contribution is 0.0739.